The van der Waals surface area contributed by atoms with Crippen molar-refractivity contribution in [1.29, 1.82) is 5.26 Å². The number of hydrogen-bond acceptors (Lipinski definition) is 5. The highest BCUT2D eigenvalue weighted by Gasteiger charge is 2.49. The zero-order valence-corrected chi connectivity index (χ0v) is 13.0. The van der Waals surface area contributed by atoms with Gasteiger partial charge in [-0.1, -0.05) is 6.07 Å². The van der Waals surface area contributed by atoms with E-state index < -0.39 is 23.6 Å². The third-order valence-corrected chi connectivity index (χ3v) is 4.12. The average Bonchev–Trinajstić information content (AvgIpc) is 3.17. The topological polar surface area (TPSA) is 77.1 Å². The standard InChI is InChI=1S/C16H12F3N3O3/c1-24-14(23)25-15(5-4-11-8-21-9-22(11)15)12-3-2-10(7-20)6-13(12)16(17,18)19/h2-3,6,8-9H,4-5H2,1H3. The number of nitrogens with zero attached hydrogens (tertiary/aromatic N) is 3. The number of rotatable bonds is 2. The van der Waals surface area contributed by atoms with Gasteiger partial charge in [-0.3, -0.25) is 4.57 Å². The Hall–Kier alpha value is -3.02. The molecule has 1 atom stereocenters. The first-order chi connectivity index (χ1) is 11.8. The fraction of sp³-hybridized carbons (Fsp3) is 0.312. The Kier molecular flexibility index (Phi) is 3.91. The van der Waals surface area contributed by atoms with Gasteiger partial charge in [-0.2, -0.15) is 18.4 Å². The molecule has 0 N–H and O–H groups in total. The number of carbonyl (C=O) groups excluding carboxylic acids is 1. The summed E-state index contributed by atoms with van der Waals surface area (Å²) in [5.41, 5.74) is -2.58. The third kappa shape index (κ3) is 2.69. The number of hydrogen-bond donors (Lipinski definition) is 0. The van der Waals surface area contributed by atoms with Crippen molar-refractivity contribution in [3.63, 3.8) is 0 Å². The number of fused-ring (bicyclic) bond motifs is 1. The molecular formula is C16H12F3N3O3. The molecule has 130 valence electrons. The summed E-state index contributed by atoms with van der Waals surface area (Å²) in [6.07, 6.45) is -2.58. The van der Waals surface area contributed by atoms with Crippen LogP contribution >= 0.6 is 0 Å². The lowest BCUT2D eigenvalue weighted by molar-refractivity contribution is -0.142. The number of imidazole rings is 1. The van der Waals surface area contributed by atoms with E-state index in [0.29, 0.717) is 12.1 Å². The molecule has 6 nitrogen and oxygen atoms in total. The Morgan fingerprint density at radius 1 is 1.44 bits per heavy atom. The van der Waals surface area contributed by atoms with Crippen LogP contribution in [0.25, 0.3) is 0 Å². The van der Waals surface area contributed by atoms with Gasteiger partial charge in [0.25, 0.3) is 0 Å². The van der Waals surface area contributed by atoms with E-state index in [0.717, 1.165) is 19.2 Å². The first-order valence-electron chi connectivity index (χ1n) is 7.22. The summed E-state index contributed by atoms with van der Waals surface area (Å²) in [6.45, 7) is 0. The number of methoxy groups -OCH3 is 1. The van der Waals surface area contributed by atoms with Gasteiger partial charge < -0.3 is 9.47 Å². The van der Waals surface area contributed by atoms with Crippen LogP contribution in [0.1, 0.15) is 28.8 Å². The Morgan fingerprint density at radius 2 is 2.20 bits per heavy atom. The molecule has 3 rings (SSSR count). The van der Waals surface area contributed by atoms with E-state index in [4.69, 9.17) is 10.00 Å². The van der Waals surface area contributed by atoms with E-state index in [1.807, 2.05) is 0 Å². The summed E-state index contributed by atoms with van der Waals surface area (Å²) in [5, 5.41) is 8.92. The maximum absolute atomic E-state index is 13.6. The highest BCUT2D eigenvalue weighted by molar-refractivity contribution is 5.61. The largest absolute Gasteiger partial charge is 0.510 e. The van der Waals surface area contributed by atoms with Crippen molar-refractivity contribution in [2.45, 2.75) is 24.7 Å². The molecule has 2 aromatic rings. The van der Waals surface area contributed by atoms with E-state index in [1.165, 1.54) is 23.2 Å². The molecule has 0 fully saturated rings. The van der Waals surface area contributed by atoms with E-state index in [-0.39, 0.29) is 17.5 Å². The van der Waals surface area contributed by atoms with Gasteiger partial charge in [0.2, 0.25) is 5.72 Å². The molecule has 0 spiro atoms. The van der Waals surface area contributed by atoms with Crippen LogP contribution in [0, 0.1) is 11.3 Å². The summed E-state index contributed by atoms with van der Waals surface area (Å²) in [5.74, 6) is 0. The SMILES string of the molecule is COC(=O)OC1(c2ccc(C#N)cc2C(F)(F)F)CCc2cncn21. The van der Waals surface area contributed by atoms with Crippen molar-refractivity contribution in [3.8, 4) is 6.07 Å². The fourth-order valence-corrected chi connectivity index (χ4v) is 3.04. The number of nitriles is 1. The normalized spacial score (nSPS) is 19.2. The van der Waals surface area contributed by atoms with E-state index >= 15 is 0 Å². The van der Waals surface area contributed by atoms with E-state index in [9.17, 15) is 18.0 Å². The van der Waals surface area contributed by atoms with Crippen molar-refractivity contribution < 1.29 is 27.4 Å². The molecule has 0 amide bonds. The van der Waals surface area contributed by atoms with Gasteiger partial charge in [-0.15, -0.1) is 0 Å². The van der Waals surface area contributed by atoms with Gasteiger partial charge >= 0.3 is 12.3 Å². The molecule has 1 unspecified atom stereocenters. The van der Waals surface area contributed by atoms with Crippen LogP contribution in [0.4, 0.5) is 18.0 Å². The maximum Gasteiger partial charge on any atom is 0.510 e. The van der Waals surface area contributed by atoms with E-state index in [2.05, 4.69) is 9.72 Å². The first kappa shape index (κ1) is 16.8. The number of benzene rings is 1. The molecule has 1 aliphatic heterocycles. The van der Waals surface area contributed by atoms with Crippen LogP contribution in [-0.4, -0.2) is 22.8 Å². The first-order valence-corrected chi connectivity index (χ1v) is 7.22. The lowest BCUT2D eigenvalue weighted by atomic mass is 9.92. The fourth-order valence-electron chi connectivity index (χ4n) is 3.04. The molecule has 1 aromatic heterocycles. The van der Waals surface area contributed by atoms with Crippen LogP contribution < -0.4 is 0 Å². The molecule has 0 radical (unpaired) electrons. The Bertz CT molecular complexity index is 869. The lowest BCUT2D eigenvalue weighted by Gasteiger charge is -2.32. The molecule has 0 saturated carbocycles. The van der Waals surface area contributed by atoms with Crippen LogP contribution in [-0.2, 0) is 27.8 Å². The lowest BCUT2D eigenvalue weighted by Crippen LogP contribution is -2.38. The van der Waals surface area contributed by atoms with Crippen molar-refractivity contribution in [1.82, 2.24) is 9.55 Å². The number of aryl methyl sites for hydroxylation is 1. The van der Waals surface area contributed by atoms with Crippen LogP contribution in [0.5, 0.6) is 0 Å². The molecule has 9 heteroatoms. The Morgan fingerprint density at radius 3 is 2.84 bits per heavy atom. The summed E-state index contributed by atoms with van der Waals surface area (Å²) >= 11 is 0. The smallest absolute Gasteiger partial charge is 0.438 e. The summed E-state index contributed by atoms with van der Waals surface area (Å²) in [7, 11) is 1.07. The second kappa shape index (κ2) is 5.81. The number of aromatic nitrogens is 2. The second-order valence-corrected chi connectivity index (χ2v) is 5.47. The average molecular weight is 351 g/mol. The van der Waals surface area contributed by atoms with Gasteiger partial charge in [-0.25, -0.2) is 9.78 Å². The molecule has 0 bridgehead atoms. The van der Waals surface area contributed by atoms with Gasteiger partial charge in [-0.05, 0) is 18.6 Å². The summed E-state index contributed by atoms with van der Waals surface area (Å²) in [4.78, 5) is 15.7. The van der Waals surface area contributed by atoms with Crippen molar-refractivity contribution in [3.05, 3.63) is 53.1 Å². The van der Waals surface area contributed by atoms with Gasteiger partial charge in [0.1, 0.15) is 0 Å². The quantitative estimate of drug-likeness (QED) is 0.777. The van der Waals surface area contributed by atoms with Crippen LogP contribution in [0.2, 0.25) is 0 Å². The number of ether oxygens (including phenoxy) is 2. The van der Waals surface area contributed by atoms with Gasteiger partial charge in [0.15, 0.2) is 0 Å². The van der Waals surface area contributed by atoms with Crippen molar-refractivity contribution in [2.24, 2.45) is 0 Å². The maximum atomic E-state index is 13.6. The summed E-state index contributed by atoms with van der Waals surface area (Å²) in [6, 6.07) is 4.83. The highest BCUT2D eigenvalue weighted by atomic mass is 19.4. The number of alkyl halides is 3. The van der Waals surface area contributed by atoms with Crippen molar-refractivity contribution in [2.75, 3.05) is 7.11 Å². The van der Waals surface area contributed by atoms with Crippen LogP contribution in [0.15, 0.2) is 30.7 Å². The molecule has 0 aliphatic carbocycles. The highest BCUT2D eigenvalue weighted by Crippen LogP contribution is 2.45. The molecule has 0 saturated heterocycles. The second-order valence-electron chi connectivity index (χ2n) is 5.47. The zero-order valence-electron chi connectivity index (χ0n) is 13.0. The summed E-state index contributed by atoms with van der Waals surface area (Å²) < 4.78 is 52.0. The number of carbonyl (C=O) groups is 1. The Balaban J connectivity index is 2.26. The predicted octanol–water partition coefficient (Wildman–Crippen LogP) is 3.20. The number of halogens is 3. The Labute approximate surface area is 140 Å². The van der Waals surface area contributed by atoms with Crippen LogP contribution in [0.3, 0.4) is 0 Å². The van der Waals surface area contributed by atoms with Gasteiger partial charge in [0, 0.05) is 23.9 Å². The molecular weight excluding hydrogens is 339 g/mol. The minimum absolute atomic E-state index is 0.0922. The minimum atomic E-state index is -4.74. The molecule has 1 aromatic carbocycles. The zero-order chi connectivity index (χ0) is 18.2. The minimum Gasteiger partial charge on any atom is -0.438 e. The van der Waals surface area contributed by atoms with Gasteiger partial charge in [0.05, 0.1) is 30.6 Å². The third-order valence-electron chi connectivity index (χ3n) is 4.12. The monoisotopic (exact) mass is 351 g/mol. The molecule has 2 heterocycles. The molecule has 1 aliphatic rings. The van der Waals surface area contributed by atoms with Crippen molar-refractivity contribution >= 4 is 6.16 Å². The van der Waals surface area contributed by atoms with E-state index in [1.54, 1.807) is 6.07 Å². The predicted molar refractivity (Wildman–Crippen MR) is 77.3 cm³/mol. The molecule has 25 heavy (non-hydrogen) atoms.